The number of hydrogen-bond donors (Lipinski definition) is 0. The van der Waals surface area contributed by atoms with Crippen LogP contribution in [0.15, 0.2) is 18.2 Å². The number of benzene rings is 1. The van der Waals surface area contributed by atoms with Gasteiger partial charge in [0, 0.05) is 23.6 Å². The second-order valence-electron chi connectivity index (χ2n) is 6.63. The summed E-state index contributed by atoms with van der Waals surface area (Å²) in [6, 6.07) is 7.54. The van der Waals surface area contributed by atoms with Gasteiger partial charge in [0.15, 0.2) is 0 Å². The van der Waals surface area contributed by atoms with Gasteiger partial charge in [0.2, 0.25) is 0 Å². The number of rotatable bonds is 4. The van der Waals surface area contributed by atoms with Gasteiger partial charge in [-0.3, -0.25) is 4.90 Å². The van der Waals surface area contributed by atoms with E-state index in [0.717, 1.165) is 18.1 Å². The smallest absolute Gasteiger partial charge is 0.123 e. The first-order valence-electron chi connectivity index (χ1n) is 8.25. The van der Waals surface area contributed by atoms with Gasteiger partial charge in [-0.1, -0.05) is 6.42 Å². The number of fused-ring (bicyclic) bond motifs is 1. The third-order valence-electron chi connectivity index (χ3n) is 4.99. The lowest BCUT2D eigenvalue weighted by Gasteiger charge is -2.39. The Morgan fingerprint density at radius 1 is 1.33 bits per heavy atom. The number of methoxy groups -OCH3 is 1. The second kappa shape index (κ2) is 6.27. The lowest BCUT2D eigenvalue weighted by Crippen LogP contribution is -2.44. The normalized spacial score (nSPS) is 25.7. The highest BCUT2D eigenvalue weighted by molar-refractivity contribution is 5.45. The van der Waals surface area contributed by atoms with Crippen LogP contribution in [0.4, 0.5) is 0 Å². The van der Waals surface area contributed by atoms with Crippen molar-refractivity contribution < 1.29 is 9.47 Å². The topological polar surface area (TPSA) is 21.7 Å². The molecule has 0 unspecified atom stereocenters. The lowest BCUT2D eigenvalue weighted by atomic mass is 9.88. The van der Waals surface area contributed by atoms with Crippen molar-refractivity contribution in [3.63, 3.8) is 0 Å². The zero-order valence-corrected chi connectivity index (χ0v) is 13.5. The minimum absolute atomic E-state index is 0.513. The molecule has 3 nitrogen and oxygen atoms in total. The minimum atomic E-state index is 0.513. The molecule has 0 amide bonds. The monoisotopic (exact) mass is 289 g/mol. The van der Waals surface area contributed by atoms with Crippen LogP contribution in [0.2, 0.25) is 0 Å². The fraction of sp³-hybridized carbons (Fsp3) is 0.667. The molecule has 1 aromatic rings. The Kier molecular flexibility index (Phi) is 4.39. The average Bonchev–Trinajstić information content (AvgIpc) is 2.90. The van der Waals surface area contributed by atoms with Gasteiger partial charge in [0.05, 0.1) is 13.7 Å². The highest BCUT2D eigenvalue weighted by atomic mass is 16.5. The molecule has 1 saturated heterocycles. The zero-order valence-electron chi connectivity index (χ0n) is 13.5. The summed E-state index contributed by atoms with van der Waals surface area (Å²) in [5.41, 5.74) is 1.34. The van der Waals surface area contributed by atoms with Crippen LogP contribution in [0.25, 0.3) is 0 Å². The van der Waals surface area contributed by atoms with E-state index in [0.29, 0.717) is 18.0 Å². The van der Waals surface area contributed by atoms with Gasteiger partial charge in [-0.15, -0.1) is 0 Å². The van der Waals surface area contributed by atoms with Crippen molar-refractivity contribution in [2.24, 2.45) is 0 Å². The molecule has 3 rings (SSSR count). The van der Waals surface area contributed by atoms with E-state index in [4.69, 9.17) is 9.47 Å². The molecule has 0 bridgehead atoms. The Hall–Kier alpha value is -1.22. The minimum Gasteiger partial charge on any atom is -0.497 e. The van der Waals surface area contributed by atoms with E-state index in [1.54, 1.807) is 7.11 Å². The predicted molar refractivity (Wildman–Crippen MR) is 85.3 cm³/mol. The molecule has 2 aliphatic rings. The van der Waals surface area contributed by atoms with Crippen molar-refractivity contribution >= 4 is 0 Å². The molecular formula is C18H27NO2. The van der Waals surface area contributed by atoms with Crippen molar-refractivity contribution in [2.45, 2.75) is 57.5 Å². The summed E-state index contributed by atoms with van der Waals surface area (Å²) in [5.74, 6) is 2.50. The first kappa shape index (κ1) is 14.7. The third kappa shape index (κ3) is 3.03. The van der Waals surface area contributed by atoms with Crippen molar-refractivity contribution in [3.05, 3.63) is 23.8 Å². The number of hydrogen-bond acceptors (Lipinski definition) is 3. The van der Waals surface area contributed by atoms with E-state index in [-0.39, 0.29) is 0 Å². The average molecular weight is 289 g/mol. The van der Waals surface area contributed by atoms with Crippen LogP contribution in [0.3, 0.4) is 0 Å². The lowest BCUT2D eigenvalue weighted by molar-refractivity contribution is 0.0976. The molecule has 0 aromatic heterocycles. The van der Waals surface area contributed by atoms with E-state index in [9.17, 15) is 0 Å². The molecule has 3 heteroatoms. The van der Waals surface area contributed by atoms with Gasteiger partial charge in [-0.2, -0.15) is 0 Å². The van der Waals surface area contributed by atoms with E-state index in [2.05, 4.69) is 30.9 Å². The summed E-state index contributed by atoms with van der Waals surface area (Å²) < 4.78 is 11.2. The molecular weight excluding hydrogens is 262 g/mol. The van der Waals surface area contributed by atoms with Crippen LogP contribution in [0, 0.1) is 0 Å². The molecule has 0 radical (unpaired) electrons. The molecule has 0 aliphatic carbocycles. The second-order valence-corrected chi connectivity index (χ2v) is 6.63. The standard InChI is InChI=1S/C18H27NO2/c1-13(2)19-9-5-4-6-15(19)10-14-12-21-18-8-7-16(20-3)11-17(14)18/h7-8,11,13-15H,4-6,9-10,12H2,1-3H3/t14-,15-/m1/s1. The highest BCUT2D eigenvalue weighted by Gasteiger charge is 2.31. The van der Waals surface area contributed by atoms with Crippen molar-refractivity contribution in [3.8, 4) is 11.5 Å². The van der Waals surface area contributed by atoms with E-state index in [1.807, 2.05) is 6.07 Å². The molecule has 1 aromatic carbocycles. The summed E-state index contributed by atoms with van der Waals surface area (Å²) in [5, 5.41) is 0. The third-order valence-corrected chi connectivity index (χ3v) is 4.99. The molecule has 21 heavy (non-hydrogen) atoms. The molecule has 2 atom stereocenters. The van der Waals surface area contributed by atoms with Gasteiger partial charge in [0.25, 0.3) is 0 Å². The summed E-state index contributed by atoms with van der Waals surface area (Å²) in [6.45, 7) is 6.71. The van der Waals surface area contributed by atoms with Crippen LogP contribution in [-0.2, 0) is 0 Å². The maximum atomic E-state index is 5.87. The SMILES string of the molecule is COc1ccc2c(c1)[C@H](C[C@H]1CCCCN1C(C)C)CO2. The highest BCUT2D eigenvalue weighted by Crippen LogP contribution is 2.40. The fourth-order valence-electron chi connectivity index (χ4n) is 3.86. The van der Waals surface area contributed by atoms with Crippen LogP contribution < -0.4 is 9.47 Å². The van der Waals surface area contributed by atoms with Crippen LogP contribution in [0.5, 0.6) is 11.5 Å². The van der Waals surface area contributed by atoms with E-state index >= 15 is 0 Å². The van der Waals surface area contributed by atoms with Gasteiger partial charge >= 0.3 is 0 Å². The first-order chi connectivity index (χ1) is 10.2. The number of ether oxygens (including phenoxy) is 2. The van der Waals surface area contributed by atoms with E-state index < -0.39 is 0 Å². The van der Waals surface area contributed by atoms with Crippen molar-refractivity contribution in [1.82, 2.24) is 4.90 Å². The number of nitrogens with zero attached hydrogens (tertiary/aromatic N) is 1. The molecule has 2 heterocycles. The molecule has 0 N–H and O–H groups in total. The van der Waals surface area contributed by atoms with Crippen LogP contribution in [0.1, 0.15) is 51.0 Å². The summed E-state index contributed by atoms with van der Waals surface area (Å²) in [6.07, 6.45) is 5.25. The van der Waals surface area contributed by atoms with Gasteiger partial charge in [0.1, 0.15) is 11.5 Å². The summed E-state index contributed by atoms with van der Waals surface area (Å²) >= 11 is 0. The molecule has 0 spiro atoms. The summed E-state index contributed by atoms with van der Waals surface area (Å²) in [7, 11) is 1.73. The maximum Gasteiger partial charge on any atom is 0.123 e. The van der Waals surface area contributed by atoms with Gasteiger partial charge in [-0.25, -0.2) is 0 Å². The Balaban J connectivity index is 1.74. The van der Waals surface area contributed by atoms with Crippen LogP contribution >= 0.6 is 0 Å². The first-order valence-corrected chi connectivity index (χ1v) is 8.25. The van der Waals surface area contributed by atoms with Gasteiger partial charge < -0.3 is 9.47 Å². The Morgan fingerprint density at radius 2 is 2.19 bits per heavy atom. The van der Waals surface area contributed by atoms with Crippen molar-refractivity contribution in [1.29, 1.82) is 0 Å². The number of piperidine rings is 1. The molecule has 1 fully saturated rings. The number of likely N-dealkylation sites (tertiary alicyclic amines) is 1. The Morgan fingerprint density at radius 3 is 2.95 bits per heavy atom. The molecule has 2 aliphatic heterocycles. The predicted octanol–water partition coefficient (Wildman–Crippen LogP) is 3.82. The van der Waals surface area contributed by atoms with E-state index in [1.165, 1.54) is 37.8 Å². The quantitative estimate of drug-likeness (QED) is 0.841. The maximum absolute atomic E-state index is 5.87. The summed E-state index contributed by atoms with van der Waals surface area (Å²) in [4.78, 5) is 2.68. The Labute approximate surface area is 128 Å². The Bertz CT molecular complexity index is 486. The van der Waals surface area contributed by atoms with Crippen LogP contribution in [-0.4, -0.2) is 37.2 Å². The largest absolute Gasteiger partial charge is 0.497 e. The van der Waals surface area contributed by atoms with Gasteiger partial charge in [-0.05, 0) is 57.9 Å². The molecule has 116 valence electrons. The molecule has 0 saturated carbocycles. The van der Waals surface area contributed by atoms with Crippen molar-refractivity contribution in [2.75, 3.05) is 20.3 Å². The zero-order chi connectivity index (χ0) is 14.8. The fourth-order valence-corrected chi connectivity index (χ4v) is 3.86.